The Labute approximate surface area is 104 Å². The van der Waals surface area contributed by atoms with E-state index in [1.807, 2.05) is 14.1 Å². The first-order chi connectivity index (χ1) is 8.13. The average molecular weight is 240 g/mol. The minimum atomic E-state index is 0.130. The lowest BCUT2D eigenvalue weighted by molar-refractivity contribution is -0.127. The van der Waals surface area contributed by atoms with Crippen LogP contribution in [0.5, 0.6) is 0 Å². The Morgan fingerprint density at radius 2 is 1.94 bits per heavy atom. The topological polar surface area (TPSA) is 49.4 Å². The zero-order chi connectivity index (χ0) is 12.7. The summed E-state index contributed by atoms with van der Waals surface area (Å²) in [6, 6.07) is 0. The number of nitrogens with one attached hydrogen (secondary N) is 1. The maximum absolute atomic E-state index is 11.8. The molecule has 0 unspecified atom stereocenters. The van der Waals surface area contributed by atoms with E-state index in [0.29, 0.717) is 0 Å². The van der Waals surface area contributed by atoms with Crippen LogP contribution in [0.25, 0.3) is 0 Å². The molecule has 1 saturated carbocycles. The maximum atomic E-state index is 11.8. The molecule has 1 amide bonds. The summed E-state index contributed by atoms with van der Waals surface area (Å²) in [5.41, 5.74) is 0. The lowest BCUT2D eigenvalue weighted by Gasteiger charge is -2.24. The molecular formula is C13H24N2O2. The molecule has 0 atom stereocenters. The molecule has 0 aromatic carbocycles. The second-order valence-electron chi connectivity index (χ2n) is 5.20. The fraction of sp³-hybridized carbons (Fsp3) is 0.846. The van der Waals surface area contributed by atoms with E-state index in [0.717, 1.165) is 51.5 Å². The van der Waals surface area contributed by atoms with Gasteiger partial charge in [0.2, 0.25) is 5.91 Å². The van der Waals surface area contributed by atoms with Gasteiger partial charge < -0.3 is 15.0 Å². The summed E-state index contributed by atoms with van der Waals surface area (Å²) in [5, 5.41) is 2.99. The van der Waals surface area contributed by atoms with E-state index < -0.39 is 0 Å². The Kier molecular flexibility index (Phi) is 6.19. The molecule has 0 aromatic heterocycles. The van der Waals surface area contributed by atoms with Crippen LogP contribution in [0.2, 0.25) is 0 Å². The van der Waals surface area contributed by atoms with E-state index in [-0.39, 0.29) is 17.7 Å². The molecular weight excluding hydrogens is 216 g/mol. The van der Waals surface area contributed by atoms with Gasteiger partial charge in [-0.15, -0.1) is 0 Å². The van der Waals surface area contributed by atoms with Crippen molar-refractivity contribution in [3.63, 3.8) is 0 Å². The fourth-order valence-corrected chi connectivity index (χ4v) is 2.27. The molecule has 1 rings (SSSR count). The predicted octanol–water partition coefficient (Wildman–Crippen LogP) is 1.06. The summed E-state index contributed by atoms with van der Waals surface area (Å²) in [6.45, 7) is 1.75. The number of hydrogen-bond donors (Lipinski definition) is 1. The number of rotatable bonds is 6. The Morgan fingerprint density at radius 1 is 1.29 bits per heavy atom. The summed E-state index contributed by atoms with van der Waals surface area (Å²) in [4.78, 5) is 24.5. The molecule has 0 heterocycles. The van der Waals surface area contributed by atoms with E-state index >= 15 is 0 Å². The van der Waals surface area contributed by atoms with Crippen LogP contribution in [0.15, 0.2) is 0 Å². The molecule has 1 aliphatic rings. The molecule has 1 fully saturated rings. The molecule has 1 aliphatic carbocycles. The second-order valence-corrected chi connectivity index (χ2v) is 5.20. The van der Waals surface area contributed by atoms with Crippen LogP contribution in [-0.4, -0.2) is 44.3 Å². The van der Waals surface area contributed by atoms with Crippen LogP contribution in [0, 0.1) is 11.8 Å². The highest BCUT2D eigenvalue weighted by atomic mass is 16.1. The van der Waals surface area contributed by atoms with Crippen molar-refractivity contribution >= 4 is 12.2 Å². The molecule has 4 nitrogen and oxygen atoms in total. The van der Waals surface area contributed by atoms with Gasteiger partial charge in [-0.1, -0.05) is 0 Å². The number of carbonyl (C=O) groups excluding carboxylic acids is 2. The second kappa shape index (κ2) is 7.43. The van der Waals surface area contributed by atoms with Gasteiger partial charge in [0, 0.05) is 18.4 Å². The lowest BCUT2D eigenvalue weighted by Crippen LogP contribution is -2.34. The molecule has 98 valence electrons. The van der Waals surface area contributed by atoms with Crippen LogP contribution in [0.1, 0.15) is 32.1 Å². The van der Waals surface area contributed by atoms with Gasteiger partial charge in [0.05, 0.1) is 0 Å². The zero-order valence-corrected chi connectivity index (χ0v) is 10.9. The first-order valence-corrected chi connectivity index (χ1v) is 6.51. The van der Waals surface area contributed by atoms with Gasteiger partial charge in [-0.05, 0) is 52.7 Å². The van der Waals surface area contributed by atoms with Crippen LogP contribution in [0.3, 0.4) is 0 Å². The lowest BCUT2D eigenvalue weighted by atomic mass is 9.82. The smallest absolute Gasteiger partial charge is 0.223 e. The largest absolute Gasteiger partial charge is 0.356 e. The summed E-state index contributed by atoms with van der Waals surface area (Å²) < 4.78 is 0. The van der Waals surface area contributed by atoms with Gasteiger partial charge in [-0.2, -0.15) is 0 Å². The van der Waals surface area contributed by atoms with Gasteiger partial charge >= 0.3 is 0 Å². The van der Waals surface area contributed by atoms with E-state index in [2.05, 4.69) is 10.2 Å². The van der Waals surface area contributed by atoms with E-state index in [4.69, 9.17) is 0 Å². The van der Waals surface area contributed by atoms with Crippen molar-refractivity contribution in [1.82, 2.24) is 10.2 Å². The predicted molar refractivity (Wildman–Crippen MR) is 67.7 cm³/mol. The summed E-state index contributed by atoms with van der Waals surface area (Å²) in [5.74, 6) is 0.492. The quantitative estimate of drug-likeness (QED) is 0.558. The summed E-state index contributed by atoms with van der Waals surface area (Å²) >= 11 is 0. The molecule has 4 heteroatoms. The molecule has 0 aliphatic heterocycles. The maximum Gasteiger partial charge on any atom is 0.223 e. The van der Waals surface area contributed by atoms with Crippen molar-refractivity contribution in [3.05, 3.63) is 0 Å². The van der Waals surface area contributed by atoms with E-state index in [1.165, 1.54) is 0 Å². The van der Waals surface area contributed by atoms with Crippen molar-refractivity contribution in [2.75, 3.05) is 27.2 Å². The standard InChI is InChI=1S/C13H24N2O2/c1-15(2)9-3-8-14-13(17)12-6-4-11(10-16)5-7-12/h10-12H,3-9H2,1-2H3,(H,14,17). The SMILES string of the molecule is CN(C)CCCNC(=O)C1CCC(C=O)CC1. The highest BCUT2D eigenvalue weighted by Gasteiger charge is 2.25. The minimum Gasteiger partial charge on any atom is -0.356 e. The third-order valence-corrected chi connectivity index (χ3v) is 3.42. The normalized spacial score (nSPS) is 24.6. The summed E-state index contributed by atoms with van der Waals surface area (Å²) in [7, 11) is 4.06. The third kappa shape index (κ3) is 5.31. The molecule has 17 heavy (non-hydrogen) atoms. The van der Waals surface area contributed by atoms with E-state index in [9.17, 15) is 9.59 Å². The Balaban J connectivity index is 2.14. The number of nitrogens with zero attached hydrogens (tertiary/aromatic N) is 1. The van der Waals surface area contributed by atoms with Gasteiger partial charge in [-0.25, -0.2) is 0 Å². The molecule has 0 aromatic rings. The molecule has 0 bridgehead atoms. The summed E-state index contributed by atoms with van der Waals surface area (Å²) in [6.07, 6.45) is 5.50. The van der Waals surface area contributed by atoms with Crippen molar-refractivity contribution in [2.45, 2.75) is 32.1 Å². The van der Waals surface area contributed by atoms with Crippen molar-refractivity contribution in [3.8, 4) is 0 Å². The number of hydrogen-bond acceptors (Lipinski definition) is 3. The van der Waals surface area contributed by atoms with E-state index in [1.54, 1.807) is 0 Å². The average Bonchev–Trinajstić information content (AvgIpc) is 2.34. The highest BCUT2D eigenvalue weighted by molar-refractivity contribution is 5.78. The van der Waals surface area contributed by atoms with Gasteiger partial charge in [0.1, 0.15) is 6.29 Å². The monoisotopic (exact) mass is 240 g/mol. The van der Waals surface area contributed by atoms with Crippen LogP contribution in [-0.2, 0) is 9.59 Å². The Morgan fingerprint density at radius 3 is 2.47 bits per heavy atom. The molecule has 0 radical (unpaired) electrons. The van der Waals surface area contributed by atoms with Crippen LogP contribution in [0.4, 0.5) is 0 Å². The fourth-order valence-electron chi connectivity index (χ4n) is 2.27. The van der Waals surface area contributed by atoms with Gasteiger partial charge in [-0.3, -0.25) is 4.79 Å². The number of carbonyl (C=O) groups is 2. The first kappa shape index (κ1) is 14.2. The third-order valence-electron chi connectivity index (χ3n) is 3.42. The van der Waals surface area contributed by atoms with Crippen molar-refractivity contribution in [1.29, 1.82) is 0 Å². The Hall–Kier alpha value is -0.900. The van der Waals surface area contributed by atoms with Crippen molar-refractivity contribution in [2.24, 2.45) is 11.8 Å². The first-order valence-electron chi connectivity index (χ1n) is 6.51. The number of amides is 1. The Bertz CT molecular complexity index is 246. The van der Waals surface area contributed by atoms with Crippen molar-refractivity contribution < 1.29 is 9.59 Å². The van der Waals surface area contributed by atoms with Crippen LogP contribution < -0.4 is 5.32 Å². The van der Waals surface area contributed by atoms with Crippen LogP contribution >= 0.6 is 0 Å². The minimum absolute atomic E-state index is 0.130. The molecule has 0 saturated heterocycles. The van der Waals surface area contributed by atoms with Gasteiger partial charge in [0.15, 0.2) is 0 Å². The van der Waals surface area contributed by atoms with Gasteiger partial charge in [0.25, 0.3) is 0 Å². The number of aldehydes is 1. The highest BCUT2D eigenvalue weighted by Crippen LogP contribution is 2.27. The zero-order valence-electron chi connectivity index (χ0n) is 10.9. The molecule has 1 N–H and O–H groups in total. The molecule has 0 spiro atoms.